The Kier molecular flexibility index (Phi) is 5.00. The van der Waals surface area contributed by atoms with E-state index in [2.05, 4.69) is 5.32 Å². The van der Waals surface area contributed by atoms with Gasteiger partial charge in [-0.2, -0.15) is 11.8 Å². The van der Waals surface area contributed by atoms with Crippen LogP contribution in [-0.2, 0) is 4.74 Å². The van der Waals surface area contributed by atoms with E-state index < -0.39 is 5.82 Å². The maximum absolute atomic E-state index is 14.0. The first-order chi connectivity index (χ1) is 10.6. The summed E-state index contributed by atoms with van der Waals surface area (Å²) in [5.74, 6) is 1.34. The SMILES string of the molecule is CSc1cccc(F)c1C(=O)N[C@H]1CCO[C@@]2(CCSC2)C1. The monoisotopic (exact) mass is 341 g/mol. The van der Waals surface area contributed by atoms with Gasteiger partial charge in [-0.3, -0.25) is 4.79 Å². The van der Waals surface area contributed by atoms with Crippen molar-refractivity contribution in [2.45, 2.75) is 35.8 Å². The second-order valence-electron chi connectivity index (χ2n) is 5.81. The number of carbonyl (C=O) groups is 1. The van der Waals surface area contributed by atoms with E-state index in [-0.39, 0.29) is 23.1 Å². The maximum Gasteiger partial charge on any atom is 0.255 e. The Morgan fingerprint density at radius 3 is 3.14 bits per heavy atom. The lowest BCUT2D eigenvalue weighted by atomic mass is 9.89. The average molecular weight is 341 g/mol. The van der Waals surface area contributed by atoms with E-state index in [0.29, 0.717) is 11.5 Å². The first kappa shape index (κ1) is 16.1. The normalized spacial score (nSPS) is 28.0. The van der Waals surface area contributed by atoms with Crippen molar-refractivity contribution in [1.29, 1.82) is 0 Å². The molecule has 2 atom stereocenters. The first-order valence-corrected chi connectivity index (χ1v) is 9.86. The lowest BCUT2D eigenvalue weighted by molar-refractivity contribution is -0.0688. The van der Waals surface area contributed by atoms with Crippen molar-refractivity contribution in [3.05, 3.63) is 29.6 Å². The van der Waals surface area contributed by atoms with E-state index in [1.54, 1.807) is 12.1 Å². The number of rotatable bonds is 3. The summed E-state index contributed by atoms with van der Waals surface area (Å²) in [6.45, 7) is 0.665. The van der Waals surface area contributed by atoms with Crippen molar-refractivity contribution in [3.63, 3.8) is 0 Å². The molecule has 2 saturated heterocycles. The third-order valence-electron chi connectivity index (χ3n) is 4.32. The van der Waals surface area contributed by atoms with Crippen LogP contribution in [0.4, 0.5) is 4.39 Å². The van der Waals surface area contributed by atoms with Crippen LogP contribution in [0, 0.1) is 5.82 Å². The molecular formula is C16H20FNO2S2. The molecule has 0 unspecified atom stereocenters. The molecule has 0 aromatic heterocycles. The summed E-state index contributed by atoms with van der Waals surface area (Å²) < 4.78 is 20.0. The minimum atomic E-state index is -0.456. The molecule has 22 heavy (non-hydrogen) atoms. The van der Waals surface area contributed by atoms with E-state index in [1.807, 2.05) is 18.0 Å². The summed E-state index contributed by atoms with van der Waals surface area (Å²) in [4.78, 5) is 13.2. The average Bonchev–Trinajstić information content (AvgIpc) is 2.94. The van der Waals surface area contributed by atoms with Gasteiger partial charge in [0.1, 0.15) is 5.82 Å². The minimum Gasteiger partial charge on any atom is -0.374 e. The van der Waals surface area contributed by atoms with Crippen molar-refractivity contribution in [2.24, 2.45) is 0 Å². The highest BCUT2D eigenvalue weighted by atomic mass is 32.2. The van der Waals surface area contributed by atoms with Crippen molar-refractivity contribution < 1.29 is 13.9 Å². The van der Waals surface area contributed by atoms with E-state index in [9.17, 15) is 9.18 Å². The zero-order valence-electron chi connectivity index (χ0n) is 12.6. The summed E-state index contributed by atoms with van der Waals surface area (Å²) in [5.41, 5.74) is 0.0784. The topological polar surface area (TPSA) is 38.3 Å². The van der Waals surface area contributed by atoms with Gasteiger partial charge in [0.2, 0.25) is 0 Å². The Morgan fingerprint density at radius 2 is 2.41 bits per heavy atom. The minimum absolute atomic E-state index is 0.0641. The summed E-state index contributed by atoms with van der Waals surface area (Å²) >= 11 is 3.29. The molecule has 2 fully saturated rings. The second-order valence-corrected chi connectivity index (χ2v) is 7.77. The summed E-state index contributed by atoms with van der Waals surface area (Å²) in [5, 5.41) is 3.02. The predicted molar refractivity (Wildman–Crippen MR) is 89.3 cm³/mol. The van der Waals surface area contributed by atoms with Gasteiger partial charge in [-0.05, 0) is 43.4 Å². The number of amides is 1. The molecule has 0 aliphatic carbocycles. The van der Waals surface area contributed by atoms with Crippen molar-refractivity contribution in [3.8, 4) is 0 Å². The number of nitrogens with one attached hydrogen (secondary N) is 1. The van der Waals surface area contributed by atoms with Crippen LogP contribution in [0.15, 0.2) is 23.1 Å². The summed E-state index contributed by atoms with van der Waals surface area (Å²) in [6, 6.07) is 4.82. The lowest BCUT2D eigenvalue weighted by Gasteiger charge is -2.38. The molecule has 2 aliphatic rings. The Labute approximate surface area is 138 Å². The summed E-state index contributed by atoms with van der Waals surface area (Å²) in [7, 11) is 0. The van der Waals surface area contributed by atoms with Gasteiger partial charge in [0.15, 0.2) is 0 Å². The Balaban J connectivity index is 1.72. The first-order valence-electron chi connectivity index (χ1n) is 7.49. The molecule has 1 spiro atoms. The van der Waals surface area contributed by atoms with Crippen molar-refractivity contribution in [1.82, 2.24) is 5.32 Å². The van der Waals surface area contributed by atoms with Gasteiger partial charge < -0.3 is 10.1 Å². The van der Waals surface area contributed by atoms with Gasteiger partial charge in [0.25, 0.3) is 5.91 Å². The van der Waals surface area contributed by atoms with Gasteiger partial charge in [-0.15, -0.1) is 11.8 Å². The number of hydrogen-bond acceptors (Lipinski definition) is 4. The molecule has 0 saturated carbocycles. The predicted octanol–water partition coefficient (Wildman–Crippen LogP) is 3.33. The van der Waals surface area contributed by atoms with Gasteiger partial charge in [-0.1, -0.05) is 6.07 Å². The third kappa shape index (κ3) is 3.29. The molecule has 1 aromatic rings. The number of benzene rings is 1. The second kappa shape index (κ2) is 6.81. The van der Waals surface area contributed by atoms with Crippen LogP contribution in [0.25, 0.3) is 0 Å². The molecule has 3 rings (SSSR count). The third-order valence-corrected chi connectivity index (χ3v) is 6.32. The summed E-state index contributed by atoms with van der Waals surface area (Å²) in [6.07, 6.45) is 4.51. The van der Waals surface area contributed by atoms with E-state index in [0.717, 1.165) is 30.8 Å². The Morgan fingerprint density at radius 1 is 1.55 bits per heavy atom. The quantitative estimate of drug-likeness (QED) is 0.856. The standard InChI is InChI=1S/C16H20FNO2S2/c1-21-13-4-2-3-12(17)14(13)15(19)18-11-5-7-20-16(9-11)6-8-22-10-16/h2-4,11H,5-10H2,1H3,(H,18,19)/t11-,16-/m0/s1. The van der Waals surface area contributed by atoms with Crippen LogP contribution < -0.4 is 5.32 Å². The lowest BCUT2D eigenvalue weighted by Crippen LogP contribution is -2.48. The van der Waals surface area contributed by atoms with Gasteiger partial charge in [0.05, 0.1) is 11.2 Å². The highest BCUT2D eigenvalue weighted by Gasteiger charge is 2.41. The molecule has 1 N–H and O–H groups in total. The molecule has 6 heteroatoms. The maximum atomic E-state index is 14.0. The fraction of sp³-hybridized carbons (Fsp3) is 0.562. The highest BCUT2D eigenvalue weighted by Crippen LogP contribution is 2.38. The van der Waals surface area contributed by atoms with Crippen LogP contribution in [0.2, 0.25) is 0 Å². The van der Waals surface area contributed by atoms with Gasteiger partial charge in [-0.25, -0.2) is 4.39 Å². The van der Waals surface area contributed by atoms with Crippen molar-refractivity contribution in [2.75, 3.05) is 24.4 Å². The number of thioether (sulfide) groups is 2. The molecule has 0 bridgehead atoms. The zero-order valence-corrected chi connectivity index (χ0v) is 14.2. The largest absolute Gasteiger partial charge is 0.374 e. The van der Waals surface area contributed by atoms with Crippen LogP contribution >= 0.6 is 23.5 Å². The zero-order chi connectivity index (χ0) is 15.6. The van der Waals surface area contributed by atoms with Crippen LogP contribution in [-0.4, -0.2) is 41.9 Å². The fourth-order valence-corrected chi connectivity index (χ4v) is 5.15. The van der Waals surface area contributed by atoms with E-state index in [1.165, 1.54) is 17.8 Å². The van der Waals surface area contributed by atoms with Gasteiger partial charge >= 0.3 is 0 Å². The fourth-order valence-electron chi connectivity index (χ4n) is 3.17. The Bertz CT molecular complexity index is 561. The molecular weight excluding hydrogens is 321 g/mol. The smallest absolute Gasteiger partial charge is 0.255 e. The number of halogens is 1. The van der Waals surface area contributed by atoms with Crippen molar-refractivity contribution >= 4 is 29.4 Å². The molecule has 3 nitrogen and oxygen atoms in total. The molecule has 1 amide bonds. The van der Waals surface area contributed by atoms with Crippen LogP contribution in [0.1, 0.15) is 29.6 Å². The highest BCUT2D eigenvalue weighted by molar-refractivity contribution is 7.99. The van der Waals surface area contributed by atoms with Crippen LogP contribution in [0.3, 0.4) is 0 Å². The number of hydrogen-bond donors (Lipinski definition) is 1. The molecule has 0 radical (unpaired) electrons. The van der Waals surface area contributed by atoms with Crippen LogP contribution in [0.5, 0.6) is 0 Å². The Hall–Kier alpha value is -0.720. The van der Waals surface area contributed by atoms with E-state index >= 15 is 0 Å². The molecule has 2 aliphatic heterocycles. The molecule has 1 aromatic carbocycles. The van der Waals surface area contributed by atoms with E-state index in [4.69, 9.17) is 4.74 Å². The number of ether oxygens (including phenoxy) is 1. The molecule has 120 valence electrons. The number of carbonyl (C=O) groups excluding carboxylic acids is 1. The molecule has 2 heterocycles. The van der Waals surface area contributed by atoms with Gasteiger partial charge in [0, 0.05) is 23.3 Å².